The third kappa shape index (κ3) is 2.49. The molecule has 1 aromatic rings. The summed E-state index contributed by atoms with van der Waals surface area (Å²) in [4.78, 5) is 25.4. The molecule has 0 spiro atoms. The summed E-state index contributed by atoms with van der Waals surface area (Å²) in [6, 6.07) is 1.40. The molecule has 0 saturated heterocycles. The van der Waals surface area contributed by atoms with Crippen molar-refractivity contribution in [3.05, 3.63) is 26.9 Å². The molecule has 1 saturated carbocycles. The van der Waals surface area contributed by atoms with E-state index in [1.165, 1.54) is 25.3 Å². The fraction of sp³-hybridized carbons (Fsp3) is 0.692. The summed E-state index contributed by atoms with van der Waals surface area (Å²) in [6.07, 6.45) is 6.87. The highest BCUT2D eigenvalue weighted by atomic mass is 16.2. The number of aromatic amines is 1. The molecule has 100 valence electrons. The van der Waals surface area contributed by atoms with Crippen LogP contribution in [0.1, 0.15) is 51.5 Å². The van der Waals surface area contributed by atoms with Gasteiger partial charge in [0.25, 0.3) is 5.56 Å². The number of rotatable bonds is 3. The van der Waals surface area contributed by atoms with Gasteiger partial charge in [-0.1, -0.05) is 26.2 Å². The van der Waals surface area contributed by atoms with Gasteiger partial charge in [0, 0.05) is 12.1 Å². The number of hydrogen-bond acceptors (Lipinski definition) is 3. The number of hydrogen-bond donors (Lipinski definition) is 2. The van der Waals surface area contributed by atoms with E-state index in [2.05, 4.69) is 11.9 Å². The molecule has 0 amide bonds. The summed E-state index contributed by atoms with van der Waals surface area (Å²) in [5, 5.41) is 0. The maximum Gasteiger partial charge on any atom is 0.330 e. The maximum absolute atomic E-state index is 11.9. The third-order valence-electron chi connectivity index (χ3n) is 3.95. The Hall–Kier alpha value is -1.52. The van der Waals surface area contributed by atoms with E-state index in [0.29, 0.717) is 5.92 Å². The number of H-pyrrole nitrogens is 1. The number of nitrogens with zero attached hydrogens (tertiary/aromatic N) is 1. The van der Waals surface area contributed by atoms with Gasteiger partial charge >= 0.3 is 5.69 Å². The lowest BCUT2D eigenvalue weighted by Crippen LogP contribution is -2.37. The summed E-state index contributed by atoms with van der Waals surface area (Å²) >= 11 is 0. The molecular weight excluding hydrogens is 230 g/mol. The van der Waals surface area contributed by atoms with Gasteiger partial charge in [-0.2, -0.15) is 0 Å². The molecule has 0 aliphatic heterocycles. The lowest BCUT2D eigenvalue weighted by molar-refractivity contribution is 0.239. The average molecular weight is 251 g/mol. The number of nitrogens with one attached hydrogen (secondary N) is 1. The van der Waals surface area contributed by atoms with Gasteiger partial charge in [-0.15, -0.1) is 0 Å². The van der Waals surface area contributed by atoms with Crippen LogP contribution in [-0.4, -0.2) is 9.55 Å². The zero-order valence-electron chi connectivity index (χ0n) is 10.8. The van der Waals surface area contributed by atoms with E-state index in [0.717, 1.165) is 19.3 Å². The Morgan fingerprint density at radius 3 is 2.61 bits per heavy atom. The lowest BCUT2D eigenvalue weighted by atomic mass is 9.83. The van der Waals surface area contributed by atoms with Gasteiger partial charge in [0.15, 0.2) is 0 Å². The van der Waals surface area contributed by atoms with Crippen LogP contribution < -0.4 is 17.0 Å². The van der Waals surface area contributed by atoms with Crippen LogP contribution in [0.2, 0.25) is 0 Å². The monoisotopic (exact) mass is 251 g/mol. The molecule has 18 heavy (non-hydrogen) atoms. The van der Waals surface area contributed by atoms with Crippen LogP contribution in [-0.2, 0) is 0 Å². The molecule has 5 nitrogen and oxygen atoms in total. The molecule has 2 rings (SSSR count). The van der Waals surface area contributed by atoms with Crippen molar-refractivity contribution >= 4 is 5.82 Å². The van der Waals surface area contributed by atoms with E-state index in [-0.39, 0.29) is 17.5 Å². The fourth-order valence-corrected chi connectivity index (χ4v) is 3.11. The molecule has 1 fully saturated rings. The Morgan fingerprint density at radius 2 is 2.06 bits per heavy atom. The first-order valence-electron chi connectivity index (χ1n) is 6.74. The highest BCUT2D eigenvalue weighted by Gasteiger charge is 2.25. The van der Waals surface area contributed by atoms with E-state index in [9.17, 15) is 9.59 Å². The second-order valence-corrected chi connectivity index (χ2v) is 5.11. The average Bonchev–Trinajstić information content (AvgIpc) is 2.34. The molecule has 1 aliphatic rings. The second-order valence-electron chi connectivity index (χ2n) is 5.11. The third-order valence-corrected chi connectivity index (χ3v) is 3.95. The molecule has 1 heterocycles. The molecule has 1 aliphatic carbocycles. The van der Waals surface area contributed by atoms with Crippen molar-refractivity contribution in [2.45, 2.75) is 51.5 Å². The summed E-state index contributed by atoms with van der Waals surface area (Å²) in [7, 11) is 0. The zero-order chi connectivity index (χ0) is 13.1. The first-order chi connectivity index (χ1) is 8.63. The molecule has 5 heteroatoms. The number of aromatic nitrogens is 2. The molecular formula is C13H21N3O2. The Morgan fingerprint density at radius 1 is 1.39 bits per heavy atom. The Balaban J connectivity index is 2.38. The van der Waals surface area contributed by atoms with Gasteiger partial charge in [-0.25, -0.2) is 4.79 Å². The molecule has 1 atom stereocenters. The predicted molar refractivity (Wildman–Crippen MR) is 71.6 cm³/mol. The molecule has 0 aromatic carbocycles. The van der Waals surface area contributed by atoms with Crippen molar-refractivity contribution in [3.63, 3.8) is 0 Å². The van der Waals surface area contributed by atoms with E-state index in [4.69, 9.17) is 5.73 Å². The minimum atomic E-state index is -0.424. The summed E-state index contributed by atoms with van der Waals surface area (Å²) in [6.45, 7) is 2.07. The van der Waals surface area contributed by atoms with Crippen LogP contribution in [0.4, 0.5) is 5.82 Å². The maximum atomic E-state index is 11.9. The predicted octanol–water partition coefficient (Wildman–Crippen LogP) is 1.65. The van der Waals surface area contributed by atoms with Gasteiger partial charge in [-0.05, 0) is 25.2 Å². The van der Waals surface area contributed by atoms with Gasteiger partial charge in [0.05, 0.1) is 0 Å². The van der Waals surface area contributed by atoms with Crippen molar-refractivity contribution in [3.8, 4) is 0 Å². The van der Waals surface area contributed by atoms with Gasteiger partial charge in [0.1, 0.15) is 5.82 Å². The highest BCUT2D eigenvalue weighted by molar-refractivity contribution is 5.27. The lowest BCUT2D eigenvalue weighted by Gasteiger charge is -2.31. The number of nitrogens with two attached hydrogens (primary N) is 1. The van der Waals surface area contributed by atoms with Crippen molar-refractivity contribution in [1.82, 2.24) is 9.55 Å². The van der Waals surface area contributed by atoms with Crippen molar-refractivity contribution < 1.29 is 0 Å². The SMILES string of the molecule is CCC(C1CCCCC1)n1c(N)cc(=O)[nH]c1=O. The van der Waals surface area contributed by atoms with Crippen LogP contribution in [0.5, 0.6) is 0 Å². The quantitative estimate of drug-likeness (QED) is 0.857. The minimum absolute atomic E-state index is 0.106. The van der Waals surface area contributed by atoms with E-state index < -0.39 is 5.56 Å². The Kier molecular flexibility index (Phi) is 3.89. The van der Waals surface area contributed by atoms with Gasteiger partial charge in [0.2, 0.25) is 0 Å². The minimum Gasteiger partial charge on any atom is -0.385 e. The molecule has 3 N–H and O–H groups in total. The molecule has 1 aromatic heterocycles. The number of nitrogen functional groups attached to an aromatic ring is 1. The van der Waals surface area contributed by atoms with Crippen molar-refractivity contribution in [2.75, 3.05) is 5.73 Å². The normalized spacial score (nSPS) is 18.7. The van der Waals surface area contributed by atoms with Gasteiger partial charge < -0.3 is 5.73 Å². The van der Waals surface area contributed by atoms with Gasteiger partial charge in [-0.3, -0.25) is 14.3 Å². The summed E-state index contributed by atoms with van der Waals surface area (Å²) < 4.78 is 1.57. The summed E-state index contributed by atoms with van der Waals surface area (Å²) in [5.41, 5.74) is 5.05. The second kappa shape index (κ2) is 5.42. The van der Waals surface area contributed by atoms with Crippen LogP contribution in [0, 0.1) is 5.92 Å². The van der Waals surface area contributed by atoms with Crippen LogP contribution in [0.3, 0.4) is 0 Å². The molecule has 0 radical (unpaired) electrons. The van der Waals surface area contributed by atoms with Crippen LogP contribution in [0.15, 0.2) is 15.7 Å². The topological polar surface area (TPSA) is 80.9 Å². The van der Waals surface area contributed by atoms with Crippen molar-refractivity contribution in [1.29, 1.82) is 0 Å². The smallest absolute Gasteiger partial charge is 0.330 e. The molecule has 1 unspecified atom stereocenters. The van der Waals surface area contributed by atoms with Crippen LogP contribution in [0.25, 0.3) is 0 Å². The van der Waals surface area contributed by atoms with E-state index in [1.54, 1.807) is 4.57 Å². The van der Waals surface area contributed by atoms with Crippen LogP contribution >= 0.6 is 0 Å². The standard InChI is InChI=1S/C13H21N3O2/c1-2-10(9-6-4-3-5-7-9)16-11(14)8-12(17)15-13(16)18/h8-10H,2-7,14H2,1H3,(H,15,17,18). The number of anilines is 1. The molecule has 0 bridgehead atoms. The van der Waals surface area contributed by atoms with Crippen molar-refractivity contribution in [2.24, 2.45) is 5.92 Å². The first kappa shape index (κ1) is 12.9. The van der Waals surface area contributed by atoms with E-state index in [1.807, 2.05) is 0 Å². The summed E-state index contributed by atoms with van der Waals surface area (Å²) in [5.74, 6) is 0.774. The first-order valence-corrected chi connectivity index (χ1v) is 6.74. The largest absolute Gasteiger partial charge is 0.385 e. The Bertz CT molecular complexity index is 512. The zero-order valence-corrected chi connectivity index (χ0v) is 10.8. The Labute approximate surface area is 106 Å². The highest BCUT2D eigenvalue weighted by Crippen LogP contribution is 2.34. The fourth-order valence-electron chi connectivity index (χ4n) is 3.11. The van der Waals surface area contributed by atoms with E-state index >= 15 is 0 Å².